The Morgan fingerprint density at radius 1 is 0.258 bits per heavy atom. The standard InChI is InChI=1S/C57H37N5/c1-4-15-40(16-5-1)55-58-56(41-17-6-2-7-18-41)60-57(59-55)42-29-27-38(28-30-42)43-33-36-52-49(37-43)47-21-10-12-24-50(47)61(52)45-34-31-39(32-35-45)46-23-14-26-53-54(46)48-22-11-13-25-51(48)62(53)44-19-8-3-9-20-44/h1-37H. The molecule has 3 aromatic heterocycles. The predicted molar refractivity (Wildman–Crippen MR) is 256 cm³/mol. The van der Waals surface area contributed by atoms with E-state index in [0.29, 0.717) is 17.5 Å². The summed E-state index contributed by atoms with van der Waals surface area (Å²) < 4.78 is 4.76. The van der Waals surface area contributed by atoms with Gasteiger partial charge in [0.1, 0.15) is 0 Å². The molecule has 3 heterocycles. The van der Waals surface area contributed by atoms with E-state index in [1.165, 1.54) is 54.7 Å². The molecule has 0 aliphatic rings. The quantitative estimate of drug-likeness (QED) is 0.162. The van der Waals surface area contributed by atoms with E-state index in [1.54, 1.807) is 0 Å². The summed E-state index contributed by atoms with van der Waals surface area (Å²) >= 11 is 0. The largest absolute Gasteiger partial charge is 0.309 e. The highest BCUT2D eigenvalue weighted by Gasteiger charge is 2.18. The van der Waals surface area contributed by atoms with Crippen molar-refractivity contribution in [3.8, 4) is 67.8 Å². The summed E-state index contributed by atoms with van der Waals surface area (Å²) in [6.07, 6.45) is 0. The molecule has 0 N–H and O–H groups in total. The van der Waals surface area contributed by atoms with Crippen LogP contribution in [-0.2, 0) is 0 Å². The second-order valence-electron chi connectivity index (χ2n) is 15.6. The summed E-state index contributed by atoms with van der Waals surface area (Å²) in [5.41, 5.74) is 14.6. The van der Waals surface area contributed by atoms with Gasteiger partial charge in [0.15, 0.2) is 17.5 Å². The number of benzene rings is 9. The average Bonchev–Trinajstić information content (AvgIpc) is 3.88. The van der Waals surface area contributed by atoms with Gasteiger partial charge < -0.3 is 9.13 Å². The Kier molecular flexibility index (Phi) is 8.42. The third-order valence-electron chi connectivity index (χ3n) is 12.0. The average molecular weight is 792 g/mol. The van der Waals surface area contributed by atoms with Crippen molar-refractivity contribution < 1.29 is 0 Å². The van der Waals surface area contributed by atoms with Gasteiger partial charge in [-0.05, 0) is 76.9 Å². The number of hydrogen-bond acceptors (Lipinski definition) is 3. The fourth-order valence-electron chi connectivity index (χ4n) is 9.09. The van der Waals surface area contributed by atoms with Gasteiger partial charge >= 0.3 is 0 Å². The van der Waals surface area contributed by atoms with E-state index in [4.69, 9.17) is 15.0 Å². The molecule has 5 heteroatoms. The zero-order valence-electron chi connectivity index (χ0n) is 33.6. The molecular weight excluding hydrogens is 755 g/mol. The van der Waals surface area contributed by atoms with Gasteiger partial charge in [0.2, 0.25) is 0 Å². The molecule has 0 aliphatic carbocycles. The van der Waals surface area contributed by atoms with Gasteiger partial charge in [-0.2, -0.15) is 0 Å². The van der Waals surface area contributed by atoms with Crippen LogP contribution in [0.1, 0.15) is 0 Å². The zero-order valence-corrected chi connectivity index (χ0v) is 33.6. The molecule has 0 spiro atoms. The first-order valence-electron chi connectivity index (χ1n) is 20.9. The first-order chi connectivity index (χ1) is 30.7. The fourth-order valence-corrected chi connectivity index (χ4v) is 9.09. The van der Waals surface area contributed by atoms with Crippen LogP contribution in [-0.4, -0.2) is 24.1 Å². The highest BCUT2D eigenvalue weighted by Crippen LogP contribution is 2.40. The Labute approximate surface area is 358 Å². The molecule has 0 amide bonds. The monoisotopic (exact) mass is 791 g/mol. The van der Waals surface area contributed by atoms with Gasteiger partial charge in [-0.3, -0.25) is 0 Å². The minimum atomic E-state index is 0.643. The number of nitrogens with zero attached hydrogens (tertiary/aromatic N) is 5. The molecule has 290 valence electrons. The lowest BCUT2D eigenvalue weighted by atomic mass is 9.99. The third-order valence-corrected chi connectivity index (χ3v) is 12.0. The van der Waals surface area contributed by atoms with Crippen LogP contribution in [0.3, 0.4) is 0 Å². The van der Waals surface area contributed by atoms with Crippen LogP contribution in [0, 0.1) is 0 Å². The summed E-state index contributed by atoms with van der Waals surface area (Å²) in [6.45, 7) is 0. The molecule has 0 atom stereocenters. The molecular formula is C57H37N5. The van der Waals surface area contributed by atoms with Crippen LogP contribution in [0.25, 0.3) is 111 Å². The van der Waals surface area contributed by atoms with Gasteiger partial charge in [-0.1, -0.05) is 170 Å². The summed E-state index contributed by atoms with van der Waals surface area (Å²) in [7, 11) is 0. The highest BCUT2D eigenvalue weighted by atomic mass is 15.0. The third kappa shape index (κ3) is 5.98. The van der Waals surface area contributed by atoms with E-state index in [1.807, 2.05) is 60.7 Å². The van der Waals surface area contributed by atoms with E-state index in [-0.39, 0.29) is 0 Å². The zero-order chi connectivity index (χ0) is 41.0. The van der Waals surface area contributed by atoms with Crippen LogP contribution in [0.4, 0.5) is 0 Å². The molecule has 0 radical (unpaired) electrons. The molecule has 0 unspecified atom stereocenters. The molecule has 0 bridgehead atoms. The van der Waals surface area contributed by atoms with Crippen LogP contribution < -0.4 is 0 Å². The minimum Gasteiger partial charge on any atom is -0.309 e. The molecule has 9 aromatic carbocycles. The summed E-state index contributed by atoms with van der Waals surface area (Å²) in [5, 5.41) is 4.94. The maximum atomic E-state index is 4.94. The van der Waals surface area contributed by atoms with Gasteiger partial charge in [0.25, 0.3) is 0 Å². The predicted octanol–water partition coefficient (Wildman–Crippen LogP) is 14.4. The molecule has 5 nitrogen and oxygen atoms in total. The van der Waals surface area contributed by atoms with Crippen molar-refractivity contribution in [2.45, 2.75) is 0 Å². The number of hydrogen-bond donors (Lipinski definition) is 0. The number of rotatable bonds is 7. The second kappa shape index (κ2) is 14.7. The van der Waals surface area contributed by atoms with E-state index < -0.39 is 0 Å². The van der Waals surface area contributed by atoms with Crippen LogP contribution in [0.2, 0.25) is 0 Å². The first kappa shape index (κ1) is 35.5. The summed E-state index contributed by atoms with van der Waals surface area (Å²) in [5.74, 6) is 1.95. The molecule has 0 saturated heterocycles. The molecule has 62 heavy (non-hydrogen) atoms. The summed E-state index contributed by atoms with van der Waals surface area (Å²) in [4.78, 5) is 14.8. The van der Waals surface area contributed by atoms with Crippen molar-refractivity contribution in [3.63, 3.8) is 0 Å². The molecule has 12 rings (SSSR count). The number of fused-ring (bicyclic) bond motifs is 6. The van der Waals surface area contributed by atoms with E-state index in [9.17, 15) is 0 Å². The van der Waals surface area contributed by atoms with Crippen molar-refractivity contribution in [2.24, 2.45) is 0 Å². The summed E-state index contributed by atoms with van der Waals surface area (Å²) in [6, 6.07) is 79.4. The Morgan fingerprint density at radius 2 is 0.694 bits per heavy atom. The maximum absolute atomic E-state index is 4.94. The fraction of sp³-hybridized carbons (Fsp3) is 0. The van der Waals surface area contributed by atoms with E-state index in [2.05, 4.69) is 173 Å². The first-order valence-corrected chi connectivity index (χ1v) is 20.9. The van der Waals surface area contributed by atoms with Crippen molar-refractivity contribution in [1.29, 1.82) is 0 Å². The van der Waals surface area contributed by atoms with Crippen molar-refractivity contribution in [3.05, 3.63) is 224 Å². The molecule has 0 saturated carbocycles. The lowest BCUT2D eigenvalue weighted by Crippen LogP contribution is -2.00. The topological polar surface area (TPSA) is 48.5 Å². The SMILES string of the molecule is c1ccc(-c2nc(-c3ccccc3)nc(-c3ccc(-c4ccc5c(c4)c4ccccc4n5-c4ccc(-c5cccc6c5c5ccccc5n6-c5ccccc5)cc4)cc3)n2)cc1. The molecule has 0 fully saturated rings. The lowest BCUT2D eigenvalue weighted by molar-refractivity contribution is 1.07. The number of para-hydroxylation sites is 3. The Bertz CT molecular complexity index is 3530. The second-order valence-corrected chi connectivity index (χ2v) is 15.6. The van der Waals surface area contributed by atoms with Crippen molar-refractivity contribution >= 4 is 43.6 Å². The normalized spacial score (nSPS) is 11.5. The minimum absolute atomic E-state index is 0.643. The lowest BCUT2D eigenvalue weighted by Gasteiger charge is -2.11. The van der Waals surface area contributed by atoms with Gasteiger partial charge in [0, 0.05) is 49.6 Å². The highest BCUT2D eigenvalue weighted by molar-refractivity contribution is 6.16. The number of aromatic nitrogens is 5. The Balaban J connectivity index is 0.909. The van der Waals surface area contributed by atoms with Crippen LogP contribution in [0.5, 0.6) is 0 Å². The van der Waals surface area contributed by atoms with Gasteiger partial charge in [0.05, 0.1) is 22.1 Å². The van der Waals surface area contributed by atoms with Gasteiger partial charge in [-0.15, -0.1) is 0 Å². The van der Waals surface area contributed by atoms with E-state index in [0.717, 1.165) is 39.2 Å². The Hall–Kier alpha value is -8.41. The molecule has 0 aliphatic heterocycles. The van der Waals surface area contributed by atoms with Crippen molar-refractivity contribution in [2.75, 3.05) is 0 Å². The van der Waals surface area contributed by atoms with Crippen LogP contribution in [0.15, 0.2) is 224 Å². The maximum Gasteiger partial charge on any atom is 0.164 e. The smallest absolute Gasteiger partial charge is 0.164 e. The van der Waals surface area contributed by atoms with Crippen molar-refractivity contribution in [1.82, 2.24) is 24.1 Å². The van der Waals surface area contributed by atoms with Crippen LogP contribution >= 0.6 is 0 Å². The van der Waals surface area contributed by atoms with E-state index >= 15 is 0 Å². The Morgan fingerprint density at radius 3 is 1.34 bits per heavy atom. The molecule has 12 aromatic rings. The van der Waals surface area contributed by atoms with Gasteiger partial charge in [-0.25, -0.2) is 15.0 Å².